The lowest BCUT2D eigenvalue weighted by molar-refractivity contribution is 0.581. The minimum absolute atomic E-state index is 0.686. The van der Waals surface area contributed by atoms with E-state index in [1.54, 1.807) is 0 Å². The molecule has 0 spiro atoms. The molecule has 2 aliphatic rings. The molecule has 9 aromatic carbocycles. The second-order valence-electron chi connectivity index (χ2n) is 15.3. The Labute approximate surface area is 362 Å². The van der Waals surface area contributed by atoms with Gasteiger partial charge in [-0.2, -0.15) is 0 Å². The van der Waals surface area contributed by atoms with E-state index in [0.29, 0.717) is 10.6 Å². The topological polar surface area (TPSA) is 47.1 Å². The maximum atomic E-state index is 16.8. The van der Waals surface area contributed by atoms with Gasteiger partial charge in [-0.3, -0.25) is 27.8 Å². The maximum absolute atomic E-state index is 16.8. The zero-order chi connectivity index (χ0) is 41.7. The van der Waals surface area contributed by atoms with Crippen molar-refractivity contribution < 1.29 is 9.13 Å². The van der Waals surface area contributed by atoms with Crippen LogP contribution >= 0.6 is 14.9 Å². The van der Waals surface area contributed by atoms with Gasteiger partial charge in [-0.15, -0.1) is 0 Å². The molecule has 0 atom stereocenters. The molecule has 0 unspecified atom stereocenters. The molecule has 298 valence electrons. The number of benzene rings is 9. The summed E-state index contributed by atoms with van der Waals surface area (Å²) in [4.78, 5) is 0. The first-order chi connectivity index (χ1) is 30.5. The standard InChI is InChI=1S/C54H40N4O2P2/c59-61(55(45-22-8-2-9-23-45)51-30-16-17-31-52(51)56(61)46-24-10-3-11-25-46)49-36-34-42(35-37-49)44-38-43(41-20-6-1-7-21-41)39-50(40-44)62(60)57(47-26-12-4-13-27-47)53-32-18-19-33-54(53)58(62)48-28-14-5-15-29-48/h1-40H. The van der Waals surface area contributed by atoms with Crippen LogP contribution in [-0.2, 0) is 9.13 Å². The summed E-state index contributed by atoms with van der Waals surface area (Å²) >= 11 is 0. The molecule has 8 heteroatoms. The molecule has 0 radical (unpaired) electrons. The quantitative estimate of drug-likeness (QED) is 0.142. The van der Waals surface area contributed by atoms with E-state index < -0.39 is 14.9 Å². The van der Waals surface area contributed by atoms with Crippen molar-refractivity contribution in [3.8, 4) is 22.3 Å². The van der Waals surface area contributed by atoms with E-state index in [-0.39, 0.29) is 0 Å². The molecule has 0 aromatic heterocycles. The van der Waals surface area contributed by atoms with Crippen molar-refractivity contribution in [3.63, 3.8) is 0 Å². The second-order valence-corrected chi connectivity index (χ2v) is 20.1. The fourth-order valence-electron chi connectivity index (χ4n) is 8.92. The lowest BCUT2D eigenvalue weighted by Gasteiger charge is -2.34. The lowest BCUT2D eigenvalue weighted by Crippen LogP contribution is -2.27. The van der Waals surface area contributed by atoms with Gasteiger partial charge in [0, 0.05) is 22.7 Å². The first-order valence-electron chi connectivity index (χ1n) is 20.7. The van der Waals surface area contributed by atoms with Crippen molar-refractivity contribution in [1.82, 2.24) is 0 Å². The number of para-hydroxylation sites is 8. The Morgan fingerprint density at radius 3 is 0.855 bits per heavy atom. The lowest BCUT2D eigenvalue weighted by atomic mass is 9.99. The summed E-state index contributed by atoms with van der Waals surface area (Å²) in [5.41, 5.74) is 10.6. The summed E-state index contributed by atoms with van der Waals surface area (Å²) in [7, 11) is -7.29. The smallest absolute Gasteiger partial charge is 0.270 e. The van der Waals surface area contributed by atoms with E-state index >= 15 is 9.13 Å². The van der Waals surface area contributed by atoms with Crippen molar-refractivity contribution in [1.29, 1.82) is 0 Å². The highest BCUT2D eigenvalue weighted by Crippen LogP contribution is 2.71. The summed E-state index contributed by atoms with van der Waals surface area (Å²) < 4.78 is 41.3. The number of anilines is 8. The zero-order valence-corrected chi connectivity index (χ0v) is 35.4. The molecule has 0 saturated heterocycles. The average molecular weight is 839 g/mol. The molecule has 2 heterocycles. The fraction of sp³-hybridized carbons (Fsp3) is 0. The van der Waals surface area contributed by atoms with Crippen molar-refractivity contribution >= 4 is 71.0 Å². The van der Waals surface area contributed by atoms with Gasteiger partial charge in [-0.25, -0.2) is 0 Å². The third-order valence-electron chi connectivity index (χ3n) is 11.7. The summed E-state index contributed by atoms with van der Waals surface area (Å²) in [6.45, 7) is 0. The molecule has 0 fully saturated rings. The molecule has 6 nitrogen and oxygen atoms in total. The molecule has 2 aliphatic heterocycles. The van der Waals surface area contributed by atoms with Crippen molar-refractivity contribution in [2.45, 2.75) is 0 Å². The minimum Gasteiger partial charge on any atom is -0.270 e. The van der Waals surface area contributed by atoms with Gasteiger partial charge >= 0.3 is 14.9 Å². The van der Waals surface area contributed by atoms with Crippen LogP contribution in [0.5, 0.6) is 0 Å². The molecule has 9 aromatic rings. The first-order valence-corrected chi connectivity index (χ1v) is 23.9. The third-order valence-corrected chi connectivity index (χ3v) is 17.5. The SMILES string of the molecule is O=P1(c2ccc(-c3cc(-c4ccccc4)cc(P4(=O)N(c5ccccc5)c5ccccc5N4c4ccccc4)c3)cc2)N(c2ccccc2)c2ccccc2N1c1ccccc1. The highest BCUT2D eigenvalue weighted by molar-refractivity contribution is 7.76. The predicted octanol–water partition coefficient (Wildman–Crippen LogP) is 14.6. The first kappa shape index (κ1) is 37.6. The van der Waals surface area contributed by atoms with Crippen LogP contribution in [0.1, 0.15) is 0 Å². The Morgan fingerprint density at radius 1 is 0.242 bits per heavy atom. The summed E-state index contributed by atoms with van der Waals surface area (Å²) in [6, 6.07) is 81.0. The Morgan fingerprint density at radius 2 is 0.516 bits per heavy atom. The Kier molecular flexibility index (Phi) is 9.27. The van der Waals surface area contributed by atoms with Gasteiger partial charge in [-0.1, -0.05) is 140 Å². The molecule has 0 amide bonds. The van der Waals surface area contributed by atoms with Gasteiger partial charge in [0.15, 0.2) is 0 Å². The van der Waals surface area contributed by atoms with Crippen molar-refractivity contribution in [3.05, 3.63) is 243 Å². The normalized spacial score (nSPS) is 14.7. The highest BCUT2D eigenvalue weighted by atomic mass is 31.2. The van der Waals surface area contributed by atoms with Gasteiger partial charge in [0.2, 0.25) is 0 Å². The van der Waals surface area contributed by atoms with Crippen LogP contribution in [-0.4, -0.2) is 0 Å². The second kappa shape index (κ2) is 15.3. The van der Waals surface area contributed by atoms with E-state index in [2.05, 4.69) is 54.6 Å². The fourth-order valence-corrected chi connectivity index (χ4v) is 15.0. The zero-order valence-electron chi connectivity index (χ0n) is 33.6. The monoisotopic (exact) mass is 838 g/mol. The van der Waals surface area contributed by atoms with Crippen LogP contribution in [0.15, 0.2) is 243 Å². The molecule has 0 N–H and O–H groups in total. The minimum atomic E-state index is -3.71. The third kappa shape index (κ3) is 6.02. The van der Waals surface area contributed by atoms with E-state index in [1.165, 1.54) is 0 Å². The van der Waals surface area contributed by atoms with Gasteiger partial charge in [-0.05, 0) is 125 Å². The number of hydrogen-bond donors (Lipinski definition) is 0. The molecule has 0 saturated carbocycles. The number of hydrogen-bond acceptors (Lipinski definition) is 2. The number of fused-ring (bicyclic) bond motifs is 2. The maximum Gasteiger partial charge on any atom is 0.301 e. The largest absolute Gasteiger partial charge is 0.301 e. The number of rotatable bonds is 8. The van der Waals surface area contributed by atoms with Crippen LogP contribution < -0.4 is 29.3 Å². The van der Waals surface area contributed by atoms with Crippen LogP contribution in [0, 0.1) is 0 Å². The molecule has 62 heavy (non-hydrogen) atoms. The molecule has 11 rings (SSSR count). The Hall–Kier alpha value is -7.36. The van der Waals surface area contributed by atoms with Crippen LogP contribution in [0.3, 0.4) is 0 Å². The summed E-state index contributed by atoms with van der Waals surface area (Å²) in [6.07, 6.45) is 0. The van der Waals surface area contributed by atoms with Gasteiger partial charge in [0.25, 0.3) is 0 Å². The van der Waals surface area contributed by atoms with Gasteiger partial charge in [0.1, 0.15) is 0 Å². The Bertz CT molecular complexity index is 3010. The highest BCUT2D eigenvalue weighted by Gasteiger charge is 2.50. The van der Waals surface area contributed by atoms with Crippen molar-refractivity contribution in [2.24, 2.45) is 0 Å². The number of nitrogens with zero attached hydrogens (tertiary/aromatic N) is 4. The summed E-state index contributed by atoms with van der Waals surface area (Å²) in [5.74, 6) is 0. The molecular weight excluding hydrogens is 799 g/mol. The van der Waals surface area contributed by atoms with Gasteiger partial charge < -0.3 is 0 Å². The van der Waals surface area contributed by atoms with E-state index in [4.69, 9.17) is 0 Å². The van der Waals surface area contributed by atoms with E-state index in [9.17, 15) is 0 Å². The molecule has 0 aliphatic carbocycles. The Balaban J connectivity index is 1.10. The molecule has 0 bridgehead atoms. The average Bonchev–Trinajstić information content (AvgIpc) is 3.78. The predicted molar refractivity (Wildman–Crippen MR) is 259 cm³/mol. The van der Waals surface area contributed by atoms with Crippen LogP contribution in [0.4, 0.5) is 45.5 Å². The van der Waals surface area contributed by atoms with Crippen LogP contribution in [0.25, 0.3) is 22.3 Å². The summed E-state index contributed by atoms with van der Waals surface area (Å²) in [5, 5.41) is 1.38. The van der Waals surface area contributed by atoms with Crippen molar-refractivity contribution in [2.75, 3.05) is 18.7 Å². The van der Waals surface area contributed by atoms with Crippen LogP contribution in [0.2, 0.25) is 0 Å². The van der Waals surface area contributed by atoms with Gasteiger partial charge in [0.05, 0.1) is 33.4 Å². The van der Waals surface area contributed by atoms with E-state index in [1.807, 2.05) is 207 Å². The molecular formula is C54H40N4O2P2. The van der Waals surface area contributed by atoms with E-state index in [0.717, 1.165) is 67.8 Å².